The Hall–Kier alpha value is -0.450. The van der Waals surface area contributed by atoms with E-state index in [1.165, 1.54) is 31.7 Å². The van der Waals surface area contributed by atoms with E-state index in [4.69, 9.17) is 5.73 Å². The number of nitrogens with zero attached hydrogens (tertiary/aromatic N) is 1. The number of likely N-dealkylation sites (tertiary alicyclic amines) is 1. The van der Waals surface area contributed by atoms with Crippen LogP contribution in [0.25, 0.3) is 0 Å². The number of rotatable bonds is 4. The second-order valence-electron chi connectivity index (χ2n) is 5.57. The van der Waals surface area contributed by atoms with Crippen LogP contribution in [0.3, 0.4) is 0 Å². The molecule has 2 rings (SSSR count). The van der Waals surface area contributed by atoms with Gasteiger partial charge in [-0.2, -0.15) is 0 Å². The van der Waals surface area contributed by atoms with Crippen LogP contribution in [0.2, 0.25) is 0 Å². The average molecular weight is 343 g/mol. The lowest BCUT2D eigenvalue weighted by Crippen LogP contribution is -2.41. The van der Waals surface area contributed by atoms with Crippen LogP contribution in [0.15, 0.2) is 22.7 Å². The lowest BCUT2D eigenvalue weighted by molar-refractivity contribution is 0.135. The third kappa shape index (κ3) is 3.60. The van der Waals surface area contributed by atoms with Crippen molar-refractivity contribution in [3.05, 3.63) is 34.1 Å². The Balaban J connectivity index is 2.31. The van der Waals surface area contributed by atoms with Crippen LogP contribution in [-0.4, -0.2) is 24.0 Å². The maximum absolute atomic E-state index is 13.6. The molecule has 112 valence electrons. The zero-order chi connectivity index (χ0) is 14.5. The molecule has 0 spiro atoms. The lowest BCUT2D eigenvalue weighted by Gasteiger charge is -2.37. The zero-order valence-electron chi connectivity index (χ0n) is 12.1. The first kappa shape index (κ1) is 15.9. The minimum absolute atomic E-state index is 0.100. The van der Waals surface area contributed by atoms with Crippen LogP contribution in [0.5, 0.6) is 0 Å². The molecule has 1 heterocycles. The summed E-state index contributed by atoms with van der Waals surface area (Å²) in [5, 5.41) is 0. The van der Waals surface area contributed by atoms with Crippen LogP contribution in [0.1, 0.15) is 50.6 Å². The average Bonchev–Trinajstić information content (AvgIpc) is 2.69. The second kappa shape index (κ2) is 7.53. The summed E-state index contributed by atoms with van der Waals surface area (Å²) >= 11 is 3.55. The molecule has 0 amide bonds. The predicted octanol–water partition coefficient (Wildman–Crippen LogP) is 4.24. The Morgan fingerprint density at radius 3 is 2.90 bits per heavy atom. The molecule has 0 radical (unpaired) electrons. The molecule has 1 saturated heterocycles. The van der Waals surface area contributed by atoms with Gasteiger partial charge in [-0.3, -0.25) is 4.90 Å². The number of hydrogen-bond acceptors (Lipinski definition) is 2. The van der Waals surface area contributed by atoms with Crippen molar-refractivity contribution in [3.63, 3.8) is 0 Å². The van der Waals surface area contributed by atoms with Gasteiger partial charge in [0, 0.05) is 23.1 Å². The zero-order valence-corrected chi connectivity index (χ0v) is 13.7. The van der Waals surface area contributed by atoms with E-state index in [0.29, 0.717) is 12.6 Å². The highest BCUT2D eigenvalue weighted by atomic mass is 79.9. The van der Waals surface area contributed by atoms with Crippen molar-refractivity contribution in [2.75, 3.05) is 13.1 Å². The monoisotopic (exact) mass is 342 g/mol. The highest BCUT2D eigenvalue weighted by molar-refractivity contribution is 9.10. The van der Waals surface area contributed by atoms with E-state index in [1.54, 1.807) is 12.1 Å². The molecule has 0 aliphatic carbocycles. The molecule has 1 aromatic carbocycles. The second-order valence-corrected chi connectivity index (χ2v) is 6.42. The topological polar surface area (TPSA) is 29.3 Å². The van der Waals surface area contributed by atoms with Crippen molar-refractivity contribution in [1.82, 2.24) is 4.90 Å². The van der Waals surface area contributed by atoms with Gasteiger partial charge in [-0.1, -0.05) is 35.7 Å². The van der Waals surface area contributed by atoms with E-state index in [2.05, 4.69) is 27.8 Å². The SMILES string of the molecule is CCC1CCCCCN1C(CN)c1cc(F)ccc1Br. The molecule has 0 bridgehead atoms. The van der Waals surface area contributed by atoms with E-state index >= 15 is 0 Å². The molecule has 2 N–H and O–H groups in total. The Morgan fingerprint density at radius 2 is 2.20 bits per heavy atom. The van der Waals surface area contributed by atoms with Gasteiger partial charge in [-0.15, -0.1) is 0 Å². The Kier molecular flexibility index (Phi) is 6.00. The van der Waals surface area contributed by atoms with Crippen molar-refractivity contribution in [2.24, 2.45) is 5.73 Å². The fraction of sp³-hybridized carbons (Fsp3) is 0.625. The first-order valence-corrected chi connectivity index (χ1v) is 8.37. The summed E-state index contributed by atoms with van der Waals surface area (Å²) in [6, 6.07) is 5.55. The summed E-state index contributed by atoms with van der Waals surface area (Å²) < 4.78 is 14.5. The van der Waals surface area contributed by atoms with E-state index in [-0.39, 0.29) is 11.9 Å². The van der Waals surface area contributed by atoms with Crippen molar-refractivity contribution in [3.8, 4) is 0 Å². The smallest absolute Gasteiger partial charge is 0.123 e. The van der Waals surface area contributed by atoms with Gasteiger partial charge in [-0.25, -0.2) is 4.39 Å². The van der Waals surface area contributed by atoms with Crippen molar-refractivity contribution < 1.29 is 4.39 Å². The molecule has 1 fully saturated rings. The summed E-state index contributed by atoms with van der Waals surface area (Å²) in [6.07, 6.45) is 6.13. The summed E-state index contributed by atoms with van der Waals surface area (Å²) in [5.74, 6) is -0.190. The number of halogens is 2. The third-order valence-electron chi connectivity index (χ3n) is 4.33. The van der Waals surface area contributed by atoms with Crippen LogP contribution >= 0.6 is 15.9 Å². The van der Waals surface area contributed by atoms with Gasteiger partial charge in [-0.05, 0) is 49.6 Å². The highest BCUT2D eigenvalue weighted by Crippen LogP contribution is 2.33. The summed E-state index contributed by atoms with van der Waals surface area (Å²) in [4.78, 5) is 2.49. The Labute approximate surface area is 129 Å². The van der Waals surface area contributed by atoms with Gasteiger partial charge in [0.25, 0.3) is 0 Å². The quantitative estimate of drug-likeness (QED) is 0.886. The molecule has 0 saturated carbocycles. The van der Waals surface area contributed by atoms with Gasteiger partial charge in [0.15, 0.2) is 0 Å². The maximum Gasteiger partial charge on any atom is 0.123 e. The fourth-order valence-corrected chi connectivity index (χ4v) is 3.77. The third-order valence-corrected chi connectivity index (χ3v) is 5.06. The molecule has 1 aromatic rings. The van der Waals surface area contributed by atoms with Gasteiger partial charge in [0.1, 0.15) is 5.82 Å². The summed E-state index contributed by atoms with van der Waals surface area (Å²) in [5.41, 5.74) is 7.02. The maximum atomic E-state index is 13.6. The first-order chi connectivity index (χ1) is 9.67. The predicted molar refractivity (Wildman–Crippen MR) is 85.1 cm³/mol. The standard InChI is InChI=1S/C16H24BrFN2/c1-2-13-6-4-3-5-9-20(13)16(11-19)14-10-12(18)7-8-15(14)17/h7-8,10,13,16H,2-6,9,11,19H2,1H3. The van der Waals surface area contributed by atoms with Crippen LogP contribution < -0.4 is 5.73 Å². The minimum Gasteiger partial charge on any atom is -0.329 e. The largest absolute Gasteiger partial charge is 0.329 e. The van der Waals surface area contributed by atoms with Crippen LogP contribution in [-0.2, 0) is 0 Å². The molecule has 20 heavy (non-hydrogen) atoms. The Bertz CT molecular complexity index is 438. The highest BCUT2D eigenvalue weighted by Gasteiger charge is 2.28. The van der Waals surface area contributed by atoms with Crippen molar-refractivity contribution in [2.45, 2.75) is 51.1 Å². The van der Waals surface area contributed by atoms with Gasteiger partial charge < -0.3 is 5.73 Å². The van der Waals surface area contributed by atoms with Crippen molar-refractivity contribution in [1.29, 1.82) is 0 Å². The first-order valence-electron chi connectivity index (χ1n) is 7.58. The van der Waals surface area contributed by atoms with Gasteiger partial charge in [0.2, 0.25) is 0 Å². The molecular formula is C16H24BrFN2. The van der Waals surface area contributed by atoms with E-state index < -0.39 is 0 Å². The number of nitrogens with two attached hydrogens (primary N) is 1. The molecule has 2 nitrogen and oxygen atoms in total. The van der Waals surface area contributed by atoms with E-state index in [1.807, 2.05) is 0 Å². The van der Waals surface area contributed by atoms with Gasteiger partial charge in [0.05, 0.1) is 0 Å². The lowest BCUT2D eigenvalue weighted by atomic mass is 10.0. The normalized spacial score (nSPS) is 22.5. The van der Waals surface area contributed by atoms with Crippen LogP contribution in [0.4, 0.5) is 4.39 Å². The Morgan fingerprint density at radius 1 is 1.40 bits per heavy atom. The van der Waals surface area contributed by atoms with E-state index in [9.17, 15) is 4.39 Å². The van der Waals surface area contributed by atoms with Crippen LogP contribution in [0, 0.1) is 5.82 Å². The molecule has 2 unspecified atom stereocenters. The van der Waals surface area contributed by atoms with Crippen molar-refractivity contribution >= 4 is 15.9 Å². The molecular weight excluding hydrogens is 319 g/mol. The van der Waals surface area contributed by atoms with E-state index in [0.717, 1.165) is 23.0 Å². The number of hydrogen-bond donors (Lipinski definition) is 1. The summed E-state index contributed by atoms with van der Waals surface area (Å²) in [6.45, 7) is 3.82. The number of benzene rings is 1. The minimum atomic E-state index is -0.190. The molecule has 2 atom stereocenters. The molecule has 0 aromatic heterocycles. The summed E-state index contributed by atoms with van der Waals surface area (Å²) in [7, 11) is 0. The molecule has 1 aliphatic rings. The molecule has 4 heteroatoms. The van der Waals surface area contributed by atoms with Gasteiger partial charge >= 0.3 is 0 Å². The fourth-order valence-electron chi connectivity index (χ4n) is 3.26. The molecule has 1 aliphatic heterocycles.